The van der Waals surface area contributed by atoms with Gasteiger partial charge >= 0.3 is 0 Å². The van der Waals surface area contributed by atoms with E-state index in [-0.39, 0.29) is 12.0 Å². The van der Waals surface area contributed by atoms with Crippen LogP contribution in [0.25, 0.3) is 0 Å². The van der Waals surface area contributed by atoms with Crippen molar-refractivity contribution in [2.24, 2.45) is 0 Å². The second kappa shape index (κ2) is 8.17. The minimum absolute atomic E-state index is 0.0193. The molecule has 0 bridgehead atoms. The van der Waals surface area contributed by atoms with Crippen molar-refractivity contribution >= 4 is 5.91 Å². The van der Waals surface area contributed by atoms with Gasteiger partial charge in [0.2, 0.25) is 5.91 Å². The average molecular weight is 298 g/mol. The summed E-state index contributed by atoms with van der Waals surface area (Å²) >= 11 is 0. The van der Waals surface area contributed by atoms with E-state index in [2.05, 4.69) is 10.3 Å². The number of aryl methyl sites for hydroxylation is 2. The fourth-order valence-electron chi connectivity index (χ4n) is 2.08. The first kappa shape index (κ1) is 16.0. The Balaban J connectivity index is 1.71. The summed E-state index contributed by atoms with van der Waals surface area (Å²) in [6.45, 7) is 4.45. The third-order valence-corrected chi connectivity index (χ3v) is 3.34. The molecule has 1 unspecified atom stereocenters. The SMILES string of the molecule is Cc1ccccc1OC(C)CNC(=O)CCc1ccccn1. The lowest BCUT2D eigenvalue weighted by Crippen LogP contribution is -2.33. The molecule has 4 heteroatoms. The molecule has 2 aromatic rings. The highest BCUT2D eigenvalue weighted by Gasteiger charge is 2.08. The standard InChI is InChI=1S/C18H22N2O2/c1-14-7-3-4-9-17(14)22-15(2)13-20-18(21)11-10-16-8-5-6-12-19-16/h3-9,12,15H,10-11,13H2,1-2H3,(H,20,21). The molecule has 0 aliphatic rings. The van der Waals surface area contributed by atoms with E-state index in [9.17, 15) is 4.79 Å². The van der Waals surface area contributed by atoms with E-state index in [1.165, 1.54) is 0 Å². The van der Waals surface area contributed by atoms with Gasteiger partial charge in [0.05, 0.1) is 6.54 Å². The summed E-state index contributed by atoms with van der Waals surface area (Å²) in [6, 6.07) is 13.6. The molecule has 116 valence electrons. The number of ether oxygens (including phenoxy) is 1. The van der Waals surface area contributed by atoms with Crippen molar-refractivity contribution in [3.8, 4) is 5.75 Å². The Kier molecular flexibility index (Phi) is 5.95. The zero-order chi connectivity index (χ0) is 15.8. The maximum Gasteiger partial charge on any atom is 0.220 e. The first-order valence-electron chi connectivity index (χ1n) is 7.54. The number of nitrogens with one attached hydrogen (secondary N) is 1. The van der Waals surface area contributed by atoms with Crippen LogP contribution in [0.5, 0.6) is 5.75 Å². The summed E-state index contributed by atoms with van der Waals surface area (Å²) in [6.07, 6.45) is 2.76. The van der Waals surface area contributed by atoms with Gasteiger partial charge in [-0.15, -0.1) is 0 Å². The largest absolute Gasteiger partial charge is 0.489 e. The number of aromatic nitrogens is 1. The van der Waals surface area contributed by atoms with E-state index >= 15 is 0 Å². The number of pyridine rings is 1. The second-order valence-corrected chi connectivity index (χ2v) is 5.32. The minimum Gasteiger partial charge on any atom is -0.489 e. The zero-order valence-electron chi connectivity index (χ0n) is 13.1. The Morgan fingerprint density at radius 2 is 2.00 bits per heavy atom. The molecule has 0 aliphatic carbocycles. The number of hydrogen-bond acceptors (Lipinski definition) is 3. The summed E-state index contributed by atoms with van der Waals surface area (Å²) < 4.78 is 5.83. The number of amides is 1. The molecule has 4 nitrogen and oxygen atoms in total. The molecule has 1 heterocycles. The van der Waals surface area contributed by atoms with E-state index in [1.54, 1.807) is 6.20 Å². The van der Waals surface area contributed by atoms with E-state index in [4.69, 9.17) is 4.74 Å². The van der Waals surface area contributed by atoms with E-state index in [0.29, 0.717) is 19.4 Å². The summed E-state index contributed by atoms with van der Waals surface area (Å²) in [7, 11) is 0. The summed E-state index contributed by atoms with van der Waals surface area (Å²) in [4.78, 5) is 16.1. The fourth-order valence-corrected chi connectivity index (χ4v) is 2.08. The van der Waals surface area contributed by atoms with Crippen LogP contribution in [0, 0.1) is 6.92 Å². The predicted molar refractivity (Wildman–Crippen MR) is 86.8 cm³/mol. The van der Waals surface area contributed by atoms with Gasteiger partial charge in [0.25, 0.3) is 0 Å². The predicted octanol–water partition coefficient (Wildman–Crippen LogP) is 2.91. The maximum atomic E-state index is 11.8. The van der Waals surface area contributed by atoms with Crippen LogP contribution < -0.4 is 10.1 Å². The van der Waals surface area contributed by atoms with Crippen LogP contribution in [0.2, 0.25) is 0 Å². The number of nitrogens with zero attached hydrogens (tertiary/aromatic N) is 1. The fraction of sp³-hybridized carbons (Fsp3) is 0.333. The molecule has 1 atom stereocenters. The van der Waals surface area contributed by atoms with Crippen molar-refractivity contribution in [2.45, 2.75) is 32.8 Å². The third-order valence-electron chi connectivity index (χ3n) is 3.34. The van der Waals surface area contributed by atoms with Crippen LogP contribution in [-0.2, 0) is 11.2 Å². The van der Waals surface area contributed by atoms with Gasteiger partial charge in [0.15, 0.2) is 0 Å². The number of carbonyl (C=O) groups is 1. The lowest BCUT2D eigenvalue weighted by atomic mass is 10.2. The molecular weight excluding hydrogens is 276 g/mol. The maximum absolute atomic E-state index is 11.8. The third kappa shape index (κ3) is 5.20. The van der Waals surface area contributed by atoms with Crippen molar-refractivity contribution in [1.82, 2.24) is 10.3 Å². The zero-order valence-corrected chi connectivity index (χ0v) is 13.1. The summed E-state index contributed by atoms with van der Waals surface area (Å²) in [5.74, 6) is 0.878. The summed E-state index contributed by atoms with van der Waals surface area (Å²) in [5, 5.41) is 2.90. The molecule has 0 radical (unpaired) electrons. The molecule has 1 aromatic carbocycles. The first-order chi connectivity index (χ1) is 10.6. The normalized spacial score (nSPS) is 11.7. The van der Waals surface area contributed by atoms with Crippen LogP contribution in [0.15, 0.2) is 48.7 Å². The van der Waals surface area contributed by atoms with Crippen molar-refractivity contribution in [1.29, 1.82) is 0 Å². The van der Waals surface area contributed by atoms with Gasteiger partial charge in [0, 0.05) is 18.3 Å². The van der Waals surface area contributed by atoms with Crippen molar-refractivity contribution in [3.05, 3.63) is 59.9 Å². The highest BCUT2D eigenvalue weighted by molar-refractivity contribution is 5.76. The lowest BCUT2D eigenvalue weighted by Gasteiger charge is -2.17. The Morgan fingerprint density at radius 3 is 2.73 bits per heavy atom. The molecule has 0 spiro atoms. The van der Waals surface area contributed by atoms with Crippen molar-refractivity contribution in [3.63, 3.8) is 0 Å². The van der Waals surface area contributed by atoms with Crippen LogP contribution in [0.3, 0.4) is 0 Å². The van der Waals surface area contributed by atoms with Gasteiger partial charge in [-0.25, -0.2) is 0 Å². The van der Waals surface area contributed by atoms with Crippen molar-refractivity contribution in [2.75, 3.05) is 6.54 Å². The minimum atomic E-state index is -0.0695. The van der Waals surface area contributed by atoms with Gasteiger partial charge in [-0.3, -0.25) is 9.78 Å². The number of rotatable bonds is 7. The van der Waals surface area contributed by atoms with Crippen LogP contribution >= 0.6 is 0 Å². The molecule has 22 heavy (non-hydrogen) atoms. The molecule has 0 saturated heterocycles. The molecule has 1 amide bonds. The van der Waals surface area contributed by atoms with Gasteiger partial charge < -0.3 is 10.1 Å². The molecule has 1 aromatic heterocycles. The van der Waals surface area contributed by atoms with Gasteiger partial charge in [-0.2, -0.15) is 0 Å². The Labute approximate surface area is 131 Å². The average Bonchev–Trinajstić information content (AvgIpc) is 2.54. The number of para-hydroxylation sites is 1. The van der Waals surface area contributed by atoms with Crippen LogP contribution in [0.1, 0.15) is 24.6 Å². The van der Waals surface area contributed by atoms with E-state index in [0.717, 1.165) is 17.0 Å². The lowest BCUT2D eigenvalue weighted by molar-refractivity contribution is -0.121. The molecule has 2 rings (SSSR count). The Hall–Kier alpha value is -2.36. The first-order valence-corrected chi connectivity index (χ1v) is 7.54. The van der Waals surface area contributed by atoms with Gasteiger partial charge in [0.1, 0.15) is 11.9 Å². The number of carbonyl (C=O) groups excluding carboxylic acids is 1. The smallest absolute Gasteiger partial charge is 0.220 e. The second-order valence-electron chi connectivity index (χ2n) is 5.32. The Morgan fingerprint density at radius 1 is 1.23 bits per heavy atom. The highest BCUT2D eigenvalue weighted by Crippen LogP contribution is 2.17. The molecular formula is C18H22N2O2. The van der Waals surface area contributed by atoms with Gasteiger partial charge in [-0.1, -0.05) is 24.3 Å². The molecule has 0 aliphatic heterocycles. The quantitative estimate of drug-likeness (QED) is 0.855. The van der Waals surface area contributed by atoms with Gasteiger partial charge in [-0.05, 0) is 44.0 Å². The monoisotopic (exact) mass is 298 g/mol. The number of hydrogen-bond donors (Lipinski definition) is 1. The van der Waals surface area contributed by atoms with Crippen LogP contribution in [0.4, 0.5) is 0 Å². The van der Waals surface area contributed by atoms with E-state index in [1.807, 2.05) is 56.3 Å². The summed E-state index contributed by atoms with van der Waals surface area (Å²) in [5.41, 5.74) is 2.03. The topological polar surface area (TPSA) is 51.2 Å². The van der Waals surface area contributed by atoms with Crippen LogP contribution in [-0.4, -0.2) is 23.5 Å². The molecule has 1 N–H and O–H groups in total. The Bertz CT molecular complexity index is 599. The van der Waals surface area contributed by atoms with E-state index < -0.39 is 0 Å². The molecule has 0 fully saturated rings. The number of benzene rings is 1. The van der Waals surface area contributed by atoms with Crippen molar-refractivity contribution < 1.29 is 9.53 Å². The molecule has 0 saturated carbocycles. The highest BCUT2D eigenvalue weighted by atomic mass is 16.5.